The van der Waals surface area contributed by atoms with Crippen molar-refractivity contribution >= 4 is 11.0 Å². The summed E-state index contributed by atoms with van der Waals surface area (Å²) in [5.74, 6) is -0.900. The number of rotatable bonds is 0. The Morgan fingerprint density at radius 1 is 1.29 bits per heavy atom. The Bertz CT molecular complexity index is 518. The maximum Gasteiger partial charge on any atom is 1.00 e. The zero-order valence-corrected chi connectivity index (χ0v) is 9.48. The SMILES string of the molecule is O=c1ccc2cc(O)c([O-])cc2o1.[Na+]. The van der Waals surface area contributed by atoms with Crippen LogP contribution in [0.15, 0.2) is 33.5 Å². The number of hydrogen-bond acceptors (Lipinski definition) is 4. The maximum absolute atomic E-state index is 10.9. The van der Waals surface area contributed by atoms with E-state index in [4.69, 9.17) is 9.52 Å². The minimum atomic E-state index is -0.554. The Morgan fingerprint density at radius 2 is 2.00 bits per heavy atom. The van der Waals surface area contributed by atoms with Crippen LogP contribution in [0.25, 0.3) is 11.0 Å². The molecule has 0 unspecified atom stereocenters. The van der Waals surface area contributed by atoms with Crippen molar-refractivity contribution in [1.82, 2.24) is 0 Å². The number of phenolic OH excluding ortho intramolecular Hbond substituents is 1. The molecule has 0 aliphatic heterocycles. The largest absolute Gasteiger partial charge is 1.00 e. The van der Waals surface area contributed by atoms with E-state index in [9.17, 15) is 9.90 Å². The molecule has 5 heteroatoms. The van der Waals surface area contributed by atoms with E-state index in [0.717, 1.165) is 6.07 Å². The Morgan fingerprint density at radius 3 is 2.71 bits per heavy atom. The molecule has 66 valence electrons. The predicted octanol–water partition coefficient (Wildman–Crippen LogP) is -2.42. The molecule has 0 spiro atoms. The predicted molar refractivity (Wildman–Crippen MR) is 43.6 cm³/mol. The second-order valence-corrected chi connectivity index (χ2v) is 2.61. The number of phenols is 1. The molecule has 0 saturated carbocycles. The summed E-state index contributed by atoms with van der Waals surface area (Å²) in [7, 11) is 0. The quantitative estimate of drug-likeness (QED) is 0.379. The molecule has 1 aromatic carbocycles. The molecule has 2 rings (SSSR count). The average molecular weight is 200 g/mol. The second-order valence-electron chi connectivity index (χ2n) is 2.61. The first-order chi connectivity index (χ1) is 6.16. The van der Waals surface area contributed by atoms with Crippen molar-refractivity contribution in [3.8, 4) is 11.5 Å². The Hall–Kier alpha value is -0.970. The molecular weight excluding hydrogens is 195 g/mol. The van der Waals surface area contributed by atoms with Gasteiger partial charge in [-0.15, -0.1) is 0 Å². The van der Waals surface area contributed by atoms with E-state index in [1.807, 2.05) is 0 Å². The number of aromatic hydroxyl groups is 1. The normalized spacial score (nSPS) is 9.71. The Balaban J connectivity index is 0.000000980. The van der Waals surface area contributed by atoms with Gasteiger partial charge in [0, 0.05) is 11.5 Å². The van der Waals surface area contributed by atoms with E-state index in [2.05, 4.69) is 0 Å². The van der Waals surface area contributed by atoms with Crippen LogP contribution in [0, 0.1) is 0 Å². The first-order valence-corrected chi connectivity index (χ1v) is 3.61. The molecule has 0 aliphatic carbocycles. The second kappa shape index (κ2) is 4.04. The summed E-state index contributed by atoms with van der Waals surface area (Å²) in [6.45, 7) is 0. The Labute approximate surface area is 101 Å². The van der Waals surface area contributed by atoms with Crippen molar-refractivity contribution in [2.24, 2.45) is 0 Å². The van der Waals surface area contributed by atoms with Gasteiger partial charge >= 0.3 is 35.2 Å². The zero-order chi connectivity index (χ0) is 9.42. The van der Waals surface area contributed by atoms with Crippen LogP contribution in [-0.4, -0.2) is 5.11 Å². The monoisotopic (exact) mass is 200 g/mol. The summed E-state index contributed by atoms with van der Waals surface area (Å²) in [5, 5.41) is 20.5. The van der Waals surface area contributed by atoms with Crippen LogP contribution < -0.4 is 40.3 Å². The van der Waals surface area contributed by atoms with E-state index in [1.54, 1.807) is 0 Å². The van der Waals surface area contributed by atoms with Crippen LogP contribution in [0.3, 0.4) is 0 Å². The Kier molecular flexibility index (Phi) is 3.21. The first-order valence-electron chi connectivity index (χ1n) is 3.61. The van der Waals surface area contributed by atoms with Crippen molar-refractivity contribution in [1.29, 1.82) is 0 Å². The number of benzene rings is 1. The van der Waals surface area contributed by atoms with Gasteiger partial charge < -0.3 is 14.6 Å². The standard InChI is InChI=1S/C9H6O4.Na/c10-6-3-5-1-2-9(12)13-8(5)4-7(6)11;/h1-4,10-11H;/q;+1/p-1. The van der Waals surface area contributed by atoms with Crippen LogP contribution in [0.1, 0.15) is 0 Å². The van der Waals surface area contributed by atoms with Gasteiger partial charge in [-0.1, -0.05) is 5.75 Å². The van der Waals surface area contributed by atoms with Crippen molar-refractivity contribution < 1.29 is 44.2 Å². The summed E-state index contributed by atoms with van der Waals surface area (Å²) in [6, 6.07) is 5.07. The molecule has 1 aromatic heterocycles. The molecule has 1 heterocycles. The third-order valence-corrected chi connectivity index (χ3v) is 1.70. The van der Waals surface area contributed by atoms with Gasteiger partial charge in [-0.3, -0.25) is 0 Å². The van der Waals surface area contributed by atoms with E-state index in [1.165, 1.54) is 18.2 Å². The zero-order valence-electron chi connectivity index (χ0n) is 7.48. The van der Waals surface area contributed by atoms with Gasteiger partial charge in [-0.25, -0.2) is 4.79 Å². The molecule has 0 bridgehead atoms. The van der Waals surface area contributed by atoms with Gasteiger partial charge in [-0.05, 0) is 18.2 Å². The molecule has 0 saturated heterocycles. The van der Waals surface area contributed by atoms with Gasteiger partial charge in [0.1, 0.15) is 11.3 Å². The topological polar surface area (TPSA) is 73.5 Å². The summed E-state index contributed by atoms with van der Waals surface area (Å²) in [6.07, 6.45) is 0. The van der Waals surface area contributed by atoms with Gasteiger partial charge in [0.05, 0.1) is 0 Å². The molecule has 0 radical (unpaired) electrons. The van der Waals surface area contributed by atoms with Crippen LogP contribution in [-0.2, 0) is 0 Å². The number of hydrogen-bond donors (Lipinski definition) is 1. The summed E-state index contributed by atoms with van der Waals surface area (Å²) < 4.78 is 4.73. The van der Waals surface area contributed by atoms with E-state index in [-0.39, 0.29) is 40.9 Å². The minimum Gasteiger partial charge on any atom is -0.870 e. The fraction of sp³-hybridized carbons (Fsp3) is 0. The van der Waals surface area contributed by atoms with Gasteiger partial charge in [0.25, 0.3) is 0 Å². The fourth-order valence-electron chi connectivity index (χ4n) is 1.08. The van der Waals surface area contributed by atoms with Gasteiger partial charge in [0.2, 0.25) is 0 Å². The molecule has 1 N–H and O–H groups in total. The van der Waals surface area contributed by atoms with Gasteiger partial charge in [0.15, 0.2) is 0 Å². The first kappa shape index (κ1) is 11.1. The minimum absolute atomic E-state index is 0. The van der Waals surface area contributed by atoms with Crippen molar-refractivity contribution in [3.05, 3.63) is 34.7 Å². The fourth-order valence-corrected chi connectivity index (χ4v) is 1.08. The van der Waals surface area contributed by atoms with E-state index < -0.39 is 11.4 Å². The van der Waals surface area contributed by atoms with E-state index in [0.29, 0.717) is 5.39 Å². The van der Waals surface area contributed by atoms with E-state index >= 15 is 0 Å². The van der Waals surface area contributed by atoms with Crippen LogP contribution in [0.4, 0.5) is 0 Å². The number of fused-ring (bicyclic) bond motifs is 1. The molecule has 4 nitrogen and oxygen atoms in total. The maximum atomic E-state index is 10.9. The van der Waals surface area contributed by atoms with Crippen LogP contribution in [0.5, 0.6) is 11.5 Å². The summed E-state index contributed by atoms with van der Waals surface area (Å²) >= 11 is 0. The molecule has 2 aromatic rings. The smallest absolute Gasteiger partial charge is 0.870 e. The van der Waals surface area contributed by atoms with Crippen molar-refractivity contribution in [3.63, 3.8) is 0 Å². The van der Waals surface area contributed by atoms with Crippen LogP contribution >= 0.6 is 0 Å². The summed E-state index contributed by atoms with van der Waals surface area (Å²) in [5.41, 5.74) is -0.326. The van der Waals surface area contributed by atoms with Gasteiger partial charge in [-0.2, -0.15) is 0 Å². The third-order valence-electron chi connectivity index (χ3n) is 1.70. The molecule has 14 heavy (non-hydrogen) atoms. The molecule has 0 atom stereocenters. The average Bonchev–Trinajstić information content (AvgIpc) is 2.08. The summed E-state index contributed by atoms with van der Waals surface area (Å²) in [4.78, 5) is 10.7. The molecule has 0 aliphatic rings. The van der Waals surface area contributed by atoms with Crippen molar-refractivity contribution in [2.45, 2.75) is 0 Å². The molecule has 0 amide bonds. The third kappa shape index (κ3) is 1.92. The van der Waals surface area contributed by atoms with Crippen LogP contribution in [0.2, 0.25) is 0 Å². The molecular formula is C9H5NaO4. The van der Waals surface area contributed by atoms with Crippen molar-refractivity contribution in [2.75, 3.05) is 0 Å². The molecule has 0 fully saturated rings.